The van der Waals surface area contributed by atoms with Crippen LogP contribution in [-0.4, -0.2) is 82.9 Å². The molecule has 0 aromatic rings. The van der Waals surface area contributed by atoms with E-state index in [0.29, 0.717) is 32.6 Å². The Morgan fingerprint density at radius 3 is 1.72 bits per heavy atom. The van der Waals surface area contributed by atoms with Crippen LogP contribution >= 0.6 is 12.4 Å². The van der Waals surface area contributed by atoms with Gasteiger partial charge in [0.25, 0.3) is 0 Å². The first-order valence-corrected chi connectivity index (χ1v) is 10.5. The Morgan fingerprint density at radius 1 is 0.793 bits per heavy atom. The molecular weight excluding hydrogens is 407 g/mol. The quantitative estimate of drug-likeness (QED) is 0.184. The van der Waals surface area contributed by atoms with E-state index in [1.807, 2.05) is 4.90 Å². The molecule has 0 aromatic heterocycles. The maximum Gasteiger partial charge on any atom is 1.00 e. The molecule has 0 bridgehead atoms. The molecule has 7 nitrogen and oxygen atoms in total. The van der Waals surface area contributed by atoms with Crippen LogP contribution in [0.15, 0.2) is 0 Å². The van der Waals surface area contributed by atoms with Crippen LogP contribution in [0.25, 0.3) is 0 Å². The second-order valence-electron chi connectivity index (χ2n) is 7.08. The number of amides is 1. The van der Waals surface area contributed by atoms with Crippen molar-refractivity contribution in [1.82, 2.24) is 9.80 Å². The van der Waals surface area contributed by atoms with Gasteiger partial charge in [-0.3, -0.25) is 14.5 Å². The maximum atomic E-state index is 12.4. The normalized spacial score (nSPS) is 10.3. The van der Waals surface area contributed by atoms with Crippen molar-refractivity contribution in [2.45, 2.75) is 71.1 Å². The molecule has 0 unspecified atom stereocenters. The molecule has 0 atom stereocenters. The predicted octanol–water partition coefficient (Wildman–Crippen LogP) is -0.355. The van der Waals surface area contributed by atoms with Gasteiger partial charge in [-0.2, -0.15) is 0 Å². The van der Waals surface area contributed by atoms with Gasteiger partial charge in [0.15, 0.2) is 0 Å². The van der Waals surface area contributed by atoms with Crippen LogP contribution in [0.1, 0.15) is 72.6 Å². The summed E-state index contributed by atoms with van der Waals surface area (Å²) in [6.45, 7) is 3.36. The van der Waals surface area contributed by atoms with E-state index in [2.05, 4.69) is 6.92 Å². The van der Waals surface area contributed by atoms with Gasteiger partial charge in [-0.25, -0.2) is 0 Å². The topological polar surface area (TPSA) is 101 Å². The number of halogens is 1. The van der Waals surface area contributed by atoms with Gasteiger partial charge in [0, 0.05) is 32.6 Å². The zero-order chi connectivity index (χ0) is 20.3. The molecule has 3 N–H and O–H groups in total. The van der Waals surface area contributed by atoms with E-state index >= 15 is 0 Å². The van der Waals surface area contributed by atoms with Crippen LogP contribution in [0.4, 0.5) is 0 Å². The molecule has 0 aliphatic heterocycles. The minimum absolute atomic E-state index is 0. The first-order chi connectivity index (χ1) is 13.0. The molecule has 9 heteroatoms. The summed E-state index contributed by atoms with van der Waals surface area (Å²) in [6, 6.07) is 0. The fourth-order valence-corrected chi connectivity index (χ4v) is 3.08. The second-order valence-corrected chi connectivity index (χ2v) is 7.08. The van der Waals surface area contributed by atoms with Crippen LogP contribution in [0, 0.1) is 0 Å². The summed E-state index contributed by atoms with van der Waals surface area (Å²) in [6.07, 6.45) is 10.9. The van der Waals surface area contributed by atoms with Crippen molar-refractivity contribution >= 4 is 24.3 Å². The smallest absolute Gasteiger partial charge is 1.00 e. The molecule has 0 radical (unpaired) electrons. The third-order valence-corrected chi connectivity index (χ3v) is 4.69. The monoisotopic (exact) mass is 448 g/mol. The molecule has 0 aliphatic carbocycles. The zero-order valence-corrected chi connectivity index (χ0v) is 21.3. The fraction of sp³-hybridized carbons (Fsp3) is 0.900. The van der Waals surface area contributed by atoms with E-state index in [1.54, 1.807) is 0 Å². The largest absolute Gasteiger partial charge is 1.00 e. The zero-order valence-electron chi connectivity index (χ0n) is 19.5. The molecule has 0 saturated heterocycles. The summed E-state index contributed by atoms with van der Waals surface area (Å²) in [5.74, 6) is -1.15. The number of rotatable bonds is 19. The maximum absolute atomic E-state index is 12.4. The van der Waals surface area contributed by atoms with Crippen molar-refractivity contribution in [3.8, 4) is 0 Å². The molecule has 170 valence electrons. The number of nitrogens with zero attached hydrogens (tertiary/aromatic N) is 2. The number of carboxylic acids is 1. The standard InChI is InChI=1S/C20H40N2O5.ClH.Na.H/c1-2-3-4-5-6-7-8-9-10-11-19(25)22(18-20(26)27)13-12-21(14-16-23)15-17-24;;;/h23-24H,2-18H2,1H3,(H,26,27);1H;;/q;;+1;-1. The van der Waals surface area contributed by atoms with Crippen molar-refractivity contribution in [3.05, 3.63) is 0 Å². The number of carbonyl (C=O) groups excluding carboxylic acids is 1. The van der Waals surface area contributed by atoms with E-state index < -0.39 is 5.97 Å². The van der Waals surface area contributed by atoms with Gasteiger partial charge >= 0.3 is 35.5 Å². The van der Waals surface area contributed by atoms with Crippen molar-refractivity contribution in [1.29, 1.82) is 0 Å². The molecule has 0 rings (SSSR count). The van der Waals surface area contributed by atoms with Gasteiger partial charge in [-0.05, 0) is 6.42 Å². The van der Waals surface area contributed by atoms with Gasteiger partial charge in [0.1, 0.15) is 6.54 Å². The molecule has 0 saturated carbocycles. The number of aliphatic hydroxyl groups is 2. The Bertz CT molecular complexity index is 392. The van der Waals surface area contributed by atoms with Gasteiger partial charge in [-0.15, -0.1) is 12.4 Å². The van der Waals surface area contributed by atoms with E-state index in [9.17, 15) is 9.59 Å². The number of aliphatic hydroxyl groups excluding tert-OH is 2. The summed E-state index contributed by atoms with van der Waals surface area (Å²) in [4.78, 5) is 26.6. The predicted molar refractivity (Wildman–Crippen MR) is 115 cm³/mol. The van der Waals surface area contributed by atoms with Gasteiger partial charge in [-0.1, -0.05) is 58.3 Å². The van der Waals surface area contributed by atoms with Gasteiger partial charge in [0.05, 0.1) is 13.2 Å². The van der Waals surface area contributed by atoms with Crippen molar-refractivity contribution in [2.75, 3.05) is 45.9 Å². The third-order valence-electron chi connectivity index (χ3n) is 4.69. The Morgan fingerprint density at radius 2 is 1.28 bits per heavy atom. The van der Waals surface area contributed by atoms with E-state index in [0.717, 1.165) is 19.3 Å². The van der Waals surface area contributed by atoms with E-state index in [4.69, 9.17) is 15.3 Å². The van der Waals surface area contributed by atoms with Gasteiger partial charge in [0.2, 0.25) is 5.91 Å². The van der Waals surface area contributed by atoms with Crippen LogP contribution < -0.4 is 29.6 Å². The van der Waals surface area contributed by atoms with Gasteiger partial charge < -0.3 is 21.6 Å². The van der Waals surface area contributed by atoms with Crippen LogP contribution in [0.5, 0.6) is 0 Å². The fourth-order valence-electron chi connectivity index (χ4n) is 3.08. The van der Waals surface area contributed by atoms with Crippen molar-refractivity contribution in [3.63, 3.8) is 0 Å². The Hall–Kier alpha value is 0.110. The summed E-state index contributed by atoms with van der Waals surface area (Å²) in [5.41, 5.74) is 0. The summed E-state index contributed by atoms with van der Waals surface area (Å²) >= 11 is 0. The number of unbranched alkanes of at least 4 members (excludes halogenated alkanes) is 8. The minimum Gasteiger partial charge on any atom is -1.00 e. The number of carbonyl (C=O) groups is 2. The number of carboxylic acid groups (broad SMARTS) is 1. The number of hydrogen-bond donors (Lipinski definition) is 3. The minimum atomic E-state index is -1.02. The van der Waals surface area contributed by atoms with Crippen LogP contribution in [0.3, 0.4) is 0 Å². The first-order valence-electron chi connectivity index (χ1n) is 10.5. The summed E-state index contributed by atoms with van der Waals surface area (Å²) in [5, 5.41) is 27.1. The average molecular weight is 449 g/mol. The Kier molecular flexibility index (Phi) is 28.4. The number of hydrogen-bond acceptors (Lipinski definition) is 5. The molecule has 0 heterocycles. The van der Waals surface area contributed by atoms with Crippen LogP contribution in [0.2, 0.25) is 0 Å². The van der Waals surface area contributed by atoms with E-state index in [-0.39, 0.29) is 69.1 Å². The second kappa shape index (κ2) is 24.4. The molecule has 29 heavy (non-hydrogen) atoms. The summed E-state index contributed by atoms with van der Waals surface area (Å²) in [7, 11) is 0. The average Bonchev–Trinajstić information content (AvgIpc) is 2.63. The molecule has 0 spiro atoms. The Labute approximate surface area is 206 Å². The van der Waals surface area contributed by atoms with E-state index in [1.165, 1.54) is 43.4 Å². The van der Waals surface area contributed by atoms with Crippen LogP contribution in [-0.2, 0) is 9.59 Å². The Balaban J connectivity index is -0.00000113. The molecule has 0 aliphatic rings. The molecule has 1 amide bonds. The third kappa shape index (κ3) is 21.1. The molecular formula is C20H42ClN2NaO5. The number of aliphatic carboxylic acids is 1. The SMILES string of the molecule is CCCCCCCCCCCC(=O)N(CCN(CCO)CCO)CC(=O)O.Cl.[H-].[Na+]. The first kappa shape index (κ1) is 33.7. The summed E-state index contributed by atoms with van der Waals surface area (Å²) < 4.78 is 0. The molecule has 0 fully saturated rings. The van der Waals surface area contributed by atoms with Crippen molar-refractivity contribution in [2.24, 2.45) is 0 Å². The molecule has 0 aromatic carbocycles. The van der Waals surface area contributed by atoms with Crippen molar-refractivity contribution < 1.29 is 55.9 Å².